The number of sulfonamides is 1. The molecule has 1 unspecified atom stereocenters. The number of hydrogen-bond donors (Lipinski definition) is 1. The highest BCUT2D eigenvalue weighted by molar-refractivity contribution is 7.91. The lowest BCUT2D eigenvalue weighted by Gasteiger charge is -2.30. The van der Waals surface area contributed by atoms with E-state index in [0.717, 1.165) is 11.3 Å². The highest BCUT2D eigenvalue weighted by atomic mass is 32.2. The lowest BCUT2D eigenvalue weighted by molar-refractivity contribution is -0.126. The van der Waals surface area contributed by atoms with Crippen LogP contribution in [0.3, 0.4) is 0 Å². The molecular weight excluding hydrogens is 384 g/mol. The molecule has 27 heavy (non-hydrogen) atoms. The normalized spacial score (nSPS) is 18.2. The maximum atomic E-state index is 12.7. The van der Waals surface area contributed by atoms with Crippen molar-refractivity contribution in [1.29, 1.82) is 0 Å². The minimum Gasteiger partial charge on any atom is -0.494 e. The van der Waals surface area contributed by atoms with Crippen molar-refractivity contribution in [2.75, 3.05) is 19.7 Å². The predicted octanol–water partition coefficient (Wildman–Crippen LogP) is 2.86. The fraction of sp³-hybridized carbons (Fsp3) is 0.421. The smallest absolute Gasteiger partial charge is 0.252 e. The zero-order chi connectivity index (χ0) is 19.3. The number of hydrogen-bond acceptors (Lipinski definition) is 5. The van der Waals surface area contributed by atoms with Gasteiger partial charge in [-0.1, -0.05) is 18.2 Å². The molecule has 1 fully saturated rings. The van der Waals surface area contributed by atoms with Crippen LogP contribution in [0, 0.1) is 5.92 Å². The molecule has 6 nitrogen and oxygen atoms in total. The Labute approximate surface area is 164 Å². The quantitative estimate of drug-likeness (QED) is 0.764. The summed E-state index contributed by atoms with van der Waals surface area (Å²) in [5.74, 6) is 0.375. The summed E-state index contributed by atoms with van der Waals surface area (Å²) in [6.45, 7) is 3.65. The van der Waals surface area contributed by atoms with Crippen molar-refractivity contribution in [1.82, 2.24) is 9.62 Å². The Balaban J connectivity index is 1.57. The Hall–Kier alpha value is -1.90. The van der Waals surface area contributed by atoms with Gasteiger partial charge in [0.15, 0.2) is 0 Å². The lowest BCUT2D eigenvalue weighted by Crippen LogP contribution is -2.45. The van der Waals surface area contributed by atoms with Crippen molar-refractivity contribution in [2.24, 2.45) is 5.92 Å². The molecule has 1 aromatic carbocycles. The molecular formula is C19H24N2O4S2. The summed E-state index contributed by atoms with van der Waals surface area (Å²) in [6.07, 6.45) is 1.39. The van der Waals surface area contributed by atoms with Crippen LogP contribution in [-0.2, 0) is 21.4 Å². The summed E-state index contributed by atoms with van der Waals surface area (Å²) in [7, 11) is -3.50. The Morgan fingerprint density at radius 2 is 2.07 bits per heavy atom. The number of piperidine rings is 1. The first-order valence-corrected chi connectivity index (χ1v) is 11.4. The van der Waals surface area contributed by atoms with Crippen LogP contribution in [0.25, 0.3) is 0 Å². The molecule has 146 valence electrons. The summed E-state index contributed by atoms with van der Waals surface area (Å²) in [4.78, 5) is 12.5. The minimum absolute atomic E-state index is 0.102. The summed E-state index contributed by atoms with van der Waals surface area (Å²) in [5, 5.41) is 4.68. The van der Waals surface area contributed by atoms with Crippen LogP contribution in [0.1, 0.15) is 25.3 Å². The van der Waals surface area contributed by atoms with E-state index in [2.05, 4.69) is 5.32 Å². The monoisotopic (exact) mass is 408 g/mol. The molecule has 1 aromatic heterocycles. The van der Waals surface area contributed by atoms with Gasteiger partial charge in [-0.15, -0.1) is 11.3 Å². The van der Waals surface area contributed by atoms with E-state index in [1.165, 1.54) is 15.6 Å². The third kappa shape index (κ3) is 4.88. The molecule has 1 aliphatic heterocycles. The number of carbonyl (C=O) groups excluding carboxylic acids is 1. The van der Waals surface area contributed by atoms with Gasteiger partial charge in [-0.25, -0.2) is 8.42 Å². The van der Waals surface area contributed by atoms with Crippen LogP contribution in [0.5, 0.6) is 5.75 Å². The number of rotatable bonds is 7. The number of amides is 1. The van der Waals surface area contributed by atoms with Crippen LogP contribution < -0.4 is 10.1 Å². The third-order valence-electron chi connectivity index (χ3n) is 4.55. The van der Waals surface area contributed by atoms with Gasteiger partial charge in [0.25, 0.3) is 10.0 Å². The maximum Gasteiger partial charge on any atom is 0.252 e. The van der Waals surface area contributed by atoms with Crippen molar-refractivity contribution < 1.29 is 17.9 Å². The topological polar surface area (TPSA) is 75.7 Å². The molecule has 3 rings (SSSR count). The van der Waals surface area contributed by atoms with Crippen LogP contribution in [-0.4, -0.2) is 38.3 Å². The van der Waals surface area contributed by atoms with Gasteiger partial charge in [0.1, 0.15) is 9.96 Å². The first-order valence-electron chi connectivity index (χ1n) is 9.04. The zero-order valence-corrected chi connectivity index (χ0v) is 16.9. The van der Waals surface area contributed by atoms with Crippen molar-refractivity contribution in [3.63, 3.8) is 0 Å². The van der Waals surface area contributed by atoms with Crippen LogP contribution in [0.2, 0.25) is 0 Å². The van der Waals surface area contributed by atoms with E-state index in [-0.39, 0.29) is 18.4 Å². The van der Waals surface area contributed by atoms with Gasteiger partial charge in [0, 0.05) is 19.6 Å². The van der Waals surface area contributed by atoms with Crippen molar-refractivity contribution >= 4 is 27.3 Å². The Morgan fingerprint density at radius 1 is 1.30 bits per heavy atom. The molecule has 0 bridgehead atoms. The van der Waals surface area contributed by atoms with Crippen molar-refractivity contribution in [3.8, 4) is 5.75 Å². The molecule has 1 saturated heterocycles. The second kappa shape index (κ2) is 8.86. The number of benzene rings is 1. The third-order valence-corrected chi connectivity index (χ3v) is 7.78. The molecule has 0 spiro atoms. The number of carbonyl (C=O) groups is 1. The average molecular weight is 409 g/mol. The fourth-order valence-corrected chi connectivity index (χ4v) is 5.78. The van der Waals surface area contributed by atoms with Gasteiger partial charge in [-0.2, -0.15) is 4.31 Å². The second-order valence-electron chi connectivity index (χ2n) is 6.43. The standard InChI is InChI=1S/C19H24N2O4S2/c1-2-25-17-9-7-15(8-10-17)13-20-19(22)16-5-3-11-21(14-16)27(23,24)18-6-4-12-26-18/h4,6-10,12,16H,2-3,5,11,13-14H2,1H3,(H,20,22). The minimum atomic E-state index is -3.50. The highest BCUT2D eigenvalue weighted by Crippen LogP contribution is 2.26. The molecule has 2 aromatic rings. The SMILES string of the molecule is CCOc1ccc(CNC(=O)C2CCCN(S(=O)(=O)c3cccs3)C2)cc1. The van der Waals surface area contributed by atoms with Gasteiger partial charge in [-0.3, -0.25) is 4.79 Å². The second-order valence-corrected chi connectivity index (χ2v) is 9.54. The Bertz CT molecular complexity index is 848. The molecule has 1 amide bonds. The summed E-state index contributed by atoms with van der Waals surface area (Å²) in [6, 6.07) is 10.9. The number of thiophene rings is 1. The zero-order valence-electron chi connectivity index (χ0n) is 15.3. The van der Waals surface area contributed by atoms with Crippen LogP contribution in [0.4, 0.5) is 0 Å². The average Bonchev–Trinajstić information content (AvgIpc) is 3.23. The van der Waals surface area contributed by atoms with E-state index >= 15 is 0 Å². The van der Waals surface area contributed by atoms with Crippen LogP contribution >= 0.6 is 11.3 Å². The first-order chi connectivity index (χ1) is 13.0. The molecule has 0 radical (unpaired) electrons. The number of nitrogens with zero attached hydrogens (tertiary/aromatic N) is 1. The molecule has 0 aliphatic carbocycles. The molecule has 2 heterocycles. The van der Waals surface area contributed by atoms with Crippen LogP contribution in [0.15, 0.2) is 46.0 Å². The first kappa shape index (κ1) is 19.9. The van der Waals surface area contributed by atoms with E-state index in [9.17, 15) is 13.2 Å². The van der Waals surface area contributed by atoms with Crippen molar-refractivity contribution in [2.45, 2.75) is 30.5 Å². The van der Waals surface area contributed by atoms with E-state index in [1.54, 1.807) is 17.5 Å². The largest absolute Gasteiger partial charge is 0.494 e. The fourth-order valence-electron chi connectivity index (χ4n) is 3.12. The van der Waals surface area contributed by atoms with Gasteiger partial charge < -0.3 is 10.1 Å². The Morgan fingerprint density at radius 3 is 2.74 bits per heavy atom. The van der Waals surface area contributed by atoms with E-state index < -0.39 is 10.0 Å². The summed E-state index contributed by atoms with van der Waals surface area (Å²) in [5.41, 5.74) is 0.977. The molecule has 1 atom stereocenters. The maximum absolute atomic E-state index is 12.7. The Kier molecular flexibility index (Phi) is 6.51. The number of ether oxygens (including phenoxy) is 1. The molecule has 0 saturated carbocycles. The lowest BCUT2D eigenvalue weighted by atomic mass is 9.99. The van der Waals surface area contributed by atoms with E-state index in [4.69, 9.17) is 4.74 Å². The molecule has 1 aliphatic rings. The number of nitrogens with one attached hydrogen (secondary N) is 1. The van der Waals surface area contributed by atoms with Gasteiger partial charge >= 0.3 is 0 Å². The summed E-state index contributed by atoms with van der Waals surface area (Å²) < 4.78 is 32.5. The van der Waals surface area contributed by atoms with E-state index in [0.29, 0.717) is 36.7 Å². The van der Waals surface area contributed by atoms with Gasteiger partial charge in [0.2, 0.25) is 5.91 Å². The van der Waals surface area contributed by atoms with Crippen molar-refractivity contribution in [3.05, 3.63) is 47.3 Å². The predicted molar refractivity (Wildman–Crippen MR) is 105 cm³/mol. The summed E-state index contributed by atoms with van der Waals surface area (Å²) >= 11 is 1.20. The van der Waals surface area contributed by atoms with E-state index in [1.807, 2.05) is 31.2 Å². The highest BCUT2D eigenvalue weighted by Gasteiger charge is 2.33. The molecule has 8 heteroatoms. The van der Waals surface area contributed by atoms with Gasteiger partial charge in [-0.05, 0) is 48.9 Å². The van der Waals surface area contributed by atoms with Gasteiger partial charge in [0.05, 0.1) is 12.5 Å². The molecule has 1 N–H and O–H groups in total.